The molecule has 3 atom stereocenters. The van der Waals surface area contributed by atoms with E-state index in [4.69, 9.17) is 4.74 Å². The molecular weight excluding hydrogens is 290 g/mol. The summed E-state index contributed by atoms with van der Waals surface area (Å²) in [6, 6.07) is 7.45. The highest BCUT2D eigenvalue weighted by molar-refractivity contribution is 6.27. The Balaban J connectivity index is 2.04. The maximum Gasteiger partial charge on any atom is 0.216 e. The largest absolute Gasteiger partial charge is 0.378 e. The van der Waals surface area contributed by atoms with Gasteiger partial charge >= 0.3 is 0 Å². The lowest BCUT2D eigenvalue weighted by molar-refractivity contribution is -0.260. The van der Waals surface area contributed by atoms with Gasteiger partial charge < -0.3 is 4.74 Å². The number of benzene rings is 1. The Kier molecular flexibility index (Phi) is 3.54. The molecule has 1 aliphatic carbocycles. The molecule has 1 aliphatic heterocycles. The molecule has 0 N–H and O–H groups in total. The lowest BCUT2D eigenvalue weighted by Crippen LogP contribution is -2.76. The third-order valence-electron chi connectivity index (χ3n) is 6.82. The molecule has 2 aliphatic rings. The number of fused-ring (bicyclic) bond motifs is 1. The minimum Gasteiger partial charge on any atom is -0.378 e. The van der Waals surface area contributed by atoms with Gasteiger partial charge in [0.25, 0.3) is 0 Å². The number of hydrogen-bond acceptors (Lipinski definition) is 4. The van der Waals surface area contributed by atoms with Crippen molar-refractivity contribution >= 4 is 12.1 Å². The van der Waals surface area contributed by atoms with Crippen LogP contribution in [0.15, 0.2) is 24.3 Å². The number of carbonyl (C=O) groups is 2. The second-order valence-corrected chi connectivity index (χ2v) is 7.76. The second-order valence-electron chi connectivity index (χ2n) is 7.76. The minimum absolute atomic E-state index is 0.141. The van der Waals surface area contributed by atoms with Gasteiger partial charge in [0.1, 0.15) is 6.04 Å². The summed E-state index contributed by atoms with van der Waals surface area (Å²) in [6.45, 7) is 9.37. The molecule has 23 heavy (non-hydrogen) atoms. The number of ketones is 1. The van der Waals surface area contributed by atoms with Crippen molar-refractivity contribution in [2.75, 3.05) is 7.11 Å². The van der Waals surface area contributed by atoms with Crippen molar-refractivity contribution in [3.05, 3.63) is 35.4 Å². The van der Waals surface area contributed by atoms with Crippen LogP contribution in [0.5, 0.6) is 0 Å². The first-order valence-electron chi connectivity index (χ1n) is 8.10. The first-order valence-corrected chi connectivity index (χ1v) is 8.10. The molecule has 0 bridgehead atoms. The summed E-state index contributed by atoms with van der Waals surface area (Å²) in [5.74, 6) is -0.363. The van der Waals surface area contributed by atoms with Gasteiger partial charge in [-0.1, -0.05) is 38.1 Å². The lowest BCUT2D eigenvalue weighted by Gasteiger charge is -2.69. The molecule has 3 unspecified atom stereocenters. The highest BCUT2D eigenvalue weighted by Gasteiger charge is 2.69. The van der Waals surface area contributed by atoms with Crippen LogP contribution < -0.4 is 0 Å². The van der Waals surface area contributed by atoms with Crippen molar-refractivity contribution in [2.45, 2.75) is 57.8 Å². The monoisotopic (exact) mass is 315 g/mol. The molecule has 0 radical (unpaired) electrons. The van der Waals surface area contributed by atoms with Crippen LogP contribution in [0.4, 0.5) is 0 Å². The number of hydrogen-bond donors (Lipinski definition) is 0. The molecule has 0 amide bonds. The van der Waals surface area contributed by atoms with E-state index in [0.717, 1.165) is 17.5 Å². The van der Waals surface area contributed by atoms with E-state index in [0.29, 0.717) is 12.8 Å². The number of ether oxygens (including phenoxy) is 1. The van der Waals surface area contributed by atoms with Gasteiger partial charge in [-0.15, -0.1) is 0 Å². The van der Waals surface area contributed by atoms with Gasteiger partial charge in [-0.3, -0.25) is 14.5 Å². The lowest BCUT2D eigenvalue weighted by atomic mass is 9.47. The molecule has 4 nitrogen and oxygen atoms in total. The van der Waals surface area contributed by atoms with E-state index in [1.54, 1.807) is 7.11 Å². The standard InChI is InChI=1S/C19H25NO3/c1-17(2)18(3,12-19(17,4)23-5)20-10-13-8-6-7-9-14(13)16(20)15(22)11-21/h6-9,11,16H,10,12H2,1-5H3. The molecule has 1 aromatic rings. The first kappa shape index (κ1) is 16.3. The molecule has 1 aromatic carbocycles. The Morgan fingerprint density at radius 1 is 1.26 bits per heavy atom. The number of nitrogens with zero attached hydrogens (tertiary/aromatic N) is 1. The van der Waals surface area contributed by atoms with E-state index in [1.807, 2.05) is 24.3 Å². The Bertz CT molecular complexity index is 668. The van der Waals surface area contributed by atoms with Crippen LogP contribution in [-0.4, -0.2) is 35.2 Å². The summed E-state index contributed by atoms with van der Waals surface area (Å²) in [4.78, 5) is 25.8. The van der Waals surface area contributed by atoms with Crippen LogP contribution in [-0.2, 0) is 20.9 Å². The van der Waals surface area contributed by atoms with Crippen LogP contribution in [0.1, 0.15) is 51.3 Å². The van der Waals surface area contributed by atoms with Crippen LogP contribution in [0.3, 0.4) is 0 Å². The zero-order chi connectivity index (χ0) is 17.0. The summed E-state index contributed by atoms with van der Waals surface area (Å²) < 4.78 is 5.76. The van der Waals surface area contributed by atoms with E-state index in [9.17, 15) is 9.59 Å². The predicted molar refractivity (Wildman–Crippen MR) is 88.0 cm³/mol. The van der Waals surface area contributed by atoms with Crippen LogP contribution in [0, 0.1) is 5.41 Å². The predicted octanol–water partition coefficient (Wildman–Crippen LogP) is 2.91. The Morgan fingerprint density at radius 2 is 1.91 bits per heavy atom. The summed E-state index contributed by atoms with van der Waals surface area (Å²) >= 11 is 0. The number of carbonyl (C=O) groups excluding carboxylic acids is 2. The third kappa shape index (κ3) is 1.91. The summed E-state index contributed by atoms with van der Waals surface area (Å²) in [6.07, 6.45) is 1.30. The summed E-state index contributed by atoms with van der Waals surface area (Å²) in [5, 5.41) is 0. The van der Waals surface area contributed by atoms with Crippen molar-refractivity contribution in [2.24, 2.45) is 5.41 Å². The number of aldehydes is 1. The van der Waals surface area contributed by atoms with Crippen LogP contribution >= 0.6 is 0 Å². The Hall–Kier alpha value is -1.52. The van der Waals surface area contributed by atoms with E-state index in [-0.39, 0.29) is 22.3 Å². The van der Waals surface area contributed by atoms with Gasteiger partial charge in [0, 0.05) is 24.6 Å². The van der Waals surface area contributed by atoms with Crippen LogP contribution in [0.2, 0.25) is 0 Å². The number of methoxy groups -OCH3 is 1. The van der Waals surface area contributed by atoms with Gasteiger partial charge in [-0.2, -0.15) is 0 Å². The van der Waals surface area contributed by atoms with E-state index < -0.39 is 6.04 Å². The quantitative estimate of drug-likeness (QED) is 0.633. The zero-order valence-corrected chi connectivity index (χ0v) is 14.6. The molecule has 124 valence electrons. The smallest absolute Gasteiger partial charge is 0.216 e. The molecule has 3 rings (SSSR count). The minimum atomic E-state index is -0.477. The normalized spacial score (nSPS) is 35.4. The fourth-order valence-corrected chi connectivity index (χ4v) is 4.57. The molecule has 1 fully saturated rings. The van der Waals surface area contributed by atoms with Crippen LogP contribution in [0.25, 0.3) is 0 Å². The topological polar surface area (TPSA) is 46.6 Å². The van der Waals surface area contributed by atoms with Gasteiger partial charge in [-0.05, 0) is 31.4 Å². The average molecular weight is 315 g/mol. The molecule has 0 saturated heterocycles. The van der Waals surface area contributed by atoms with Crippen molar-refractivity contribution in [1.29, 1.82) is 0 Å². The summed E-state index contributed by atoms with van der Waals surface area (Å²) in [5.41, 5.74) is 1.52. The van der Waals surface area contributed by atoms with Gasteiger partial charge in [0.15, 0.2) is 6.29 Å². The maximum atomic E-state index is 12.4. The molecule has 0 aromatic heterocycles. The number of rotatable bonds is 4. The van der Waals surface area contributed by atoms with Gasteiger partial charge in [0.05, 0.1) is 5.60 Å². The molecule has 4 heteroatoms. The van der Waals surface area contributed by atoms with Crippen molar-refractivity contribution in [3.63, 3.8) is 0 Å². The van der Waals surface area contributed by atoms with Crippen molar-refractivity contribution in [3.8, 4) is 0 Å². The fraction of sp³-hybridized carbons (Fsp3) is 0.579. The number of Topliss-reactive ketones (excluding diaryl/α,β-unsaturated/α-hetero) is 1. The Labute approximate surface area is 137 Å². The SMILES string of the molecule is COC1(C)CC(C)(N2Cc3ccccc3C2C(=O)C=O)C1(C)C. The van der Waals surface area contributed by atoms with Crippen molar-refractivity contribution < 1.29 is 14.3 Å². The van der Waals surface area contributed by atoms with Gasteiger partial charge in [0.2, 0.25) is 5.78 Å². The van der Waals surface area contributed by atoms with E-state index in [1.165, 1.54) is 0 Å². The highest BCUT2D eigenvalue weighted by Crippen LogP contribution is 2.63. The van der Waals surface area contributed by atoms with E-state index >= 15 is 0 Å². The van der Waals surface area contributed by atoms with Gasteiger partial charge in [-0.25, -0.2) is 0 Å². The molecule has 1 heterocycles. The molecule has 1 saturated carbocycles. The molecular formula is C19H25NO3. The Morgan fingerprint density at radius 3 is 2.48 bits per heavy atom. The maximum absolute atomic E-state index is 12.4. The highest BCUT2D eigenvalue weighted by atomic mass is 16.5. The second kappa shape index (κ2) is 4.99. The molecule has 0 spiro atoms. The summed E-state index contributed by atoms with van der Waals surface area (Å²) in [7, 11) is 1.74. The zero-order valence-electron chi connectivity index (χ0n) is 14.6. The first-order chi connectivity index (χ1) is 10.7. The third-order valence-corrected chi connectivity index (χ3v) is 6.82. The fourth-order valence-electron chi connectivity index (χ4n) is 4.57. The van der Waals surface area contributed by atoms with Crippen molar-refractivity contribution in [1.82, 2.24) is 4.90 Å². The van der Waals surface area contributed by atoms with E-state index in [2.05, 4.69) is 32.6 Å². The average Bonchev–Trinajstić information content (AvgIpc) is 2.93.